The summed E-state index contributed by atoms with van der Waals surface area (Å²) in [5.74, 6) is -2.84. The number of hydrogen-bond acceptors (Lipinski definition) is 7. The predicted octanol–water partition coefficient (Wildman–Crippen LogP) is 0.682. The predicted molar refractivity (Wildman–Crippen MR) is 175 cm³/mol. The van der Waals surface area contributed by atoms with E-state index in [1.165, 1.54) is 18.9 Å². The van der Waals surface area contributed by atoms with Crippen molar-refractivity contribution in [1.29, 1.82) is 0 Å². The Balaban J connectivity index is 1.76. The fourth-order valence-corrected chi connectivity index (χ4v) is 4.97. The Morgan fingerprint density at radius 2 is 1.57 bits per heavy atom. The van der Waals surface area contributed by atoms with Gasteiger partial charge in [-0.3, -0.25) is 28.8 Å². The molecule has 0 spiro atoms. The summed E-state index contributed by atoms with van der Waals surface area (Å²) in [6.45, 7) is 4.98. The molecule has 0 aromatic heterocycles. The zero-order valence-electron chi connectivity index (χ0n) is 27.4. The van der Waals surface area contributed by atoms with Gasteiger partial charge in [-0.1, -0.05) is 62.4 Å². The third kappa shape index (κ3) is 12.1. The number of rotatable bonds is 8. The SMILES string of the molecule is CC(C)[C@H]1NC(=O)[C@@H](NC(=O)CCOc2ccccc2)CCCNC(=O)CN(C)C(=O)[C@H](Cc2ccccc2)NC(=O)[C@@H](C)NC1=O. The van der Waals surface area contributed by atoms with Crippen molar-refractivity contribution in [2.75, 3.05) is 26.7 Å². The number of ether oxygens (including phenoxy) is 1. The smallest absolute Gasteiger partial charge is 0.245 e. The van der Waals surface area contributed by atoms with E-state index in [0.717, 1.165) is 5.56 Å². The number of carbonyl (C=O) groups excluding carboxylic acids is 6. The second kappa shape index (κ2) is 18.3. The number of carbonyl (C=O) groups is 6. The van der Waals surface area contributed by atoms with Crippen LogP contribution < -0.4 is 31.3 Å². The van der Waals surface area contributed by atoms with E-state index in [2.05, 4.69) is 26.6 Å². The molecule has 3 rings (SSSR count). The molecule has 13 heteroatoms. The lowest BCUT2D eigenvalue weighted by molar-refractivity contribution is -0.139. The van der Waals surface area contributed by atoms with E-state index >= 15 is 0 Å². The van der Waals surface area contributed by atoms with Gasteiger partial charge in [-0.25, -0.2) is 0 Å². The fraction of sp³-hybridized carbons (Fsp3) is 0.471. The first-order chi connectivity index (χ1) is 22.4. The fourth-order valence-electron chi connectivity index (χ4n) is 4.97. The average molecular weight is 651 g/mol. The molecular formula is C34H46N6O7. The molecule has 1 heterocycles. The molecule has 5 N–H and O–H groups in total. The van der Waals surface area contributed by atoms with Crippen LogP contribution in [0.4, 0.5) is 0 Å². The lowest BCUT2D eigenvalue weighted by Crippen LogP contribution is -2.59. The molecule has 4 atom stereocenters. The Bertz CT molecular complexity index is 1370. The van der Waals surface area contributed by atoms with E-state index in [4.69, 9.17) is 4.74 Å². The standard InChI is InChI=1S/C34H46N6O7/c1-22(2)30-33(45)36-23(3)31(43)38-27(20-24-12-7-5-8-13-24)34(46)40(4)21-29(42)35-18-11-16-26(32(44)39-30)37-28(41)17-19-47-25-14-9-6-10-15-25/h5-10,12-15,22-23,26-27,30H,11,16-21H2,1-4H3,(H,35,42)(H,36,45)(H,37,41)(H,38,43)(H,39,44)/t23-,26+,27+,30-/m1/s1. The molecule has 47 heavy (non-hydrogen) atoms. The molecule has 0 unspecified atom stereocenters. The van der Waals surface area contributed by atoms with Crippen molar-refractivity contribution < 1.29 is 33.5 Å². The summed E-state index contributed by atoms with van der Waals surface area (Å²) in [5, 5.41) is 13.6. The minimum atomic E-state index is -1.06. The van der Waals surface area contributed by atoms with E-state index in [0.29, 0.717) is 12.2 Å². The van der Waals surface area contributed by atoms with Gasteiger partial charge in [0.05, 0.1) is 19.6 Å². The topological polar surface area (TPSA) is 175 Å². The van der Waals surface area contributed by atoms with Gasteiger partial charge in [0, 0.05) is 20.0 Å². The quantitative estimate of drug-likeness (QED) is 0.279. The van der Waals surface area contributed by atoms with Crippen LogP contribution in [-0.2, 0) is 35.2 Å². The molecule has 0 aliphatic carbocycles. The molecule has 0 saturated carbocycles. The van der Waals surface area contributed by atoms with Gasteiger partial charge in [0.25, 0.3) is 0 Å². The van der Waals surface area contributed by atoms with Crippen LogP contribution in [0, 0.1) is 5.92 Å². The highest BCUT2D eigenvalue weighted by Gasteiger charge is 2.32. The third-order valence-electron chi connectivity index (χ3n) is 7.64. The summed E-state index contributed by atoms with van der Waals surface area (Å²) >= 11 is 0. The van der Waals surface area contributed by atoms with Gasteiger partial charge < -0.3 is 36.2 Å². The number of amides is 6. The van der Waals surface area contributed by atoms with Crippen LogP contribution in [-0.4, -0.2) is 91.3 Å². The molecule has 1 aliphatic rings. The minimum absolute atomic E-state index is 0.0121. The monoisotopic (exact) mass is 650 g/mol. The maximum Gasteiger partial charge on any atom is 0.245 e. The van der Waals surface area contributed by atoms with Crippen LogP contribution in [0.1, 0.15) is 45.6 Å². The molecule has 6 amide bonds. The summed E-state index contributed by atoms with van der Waals surface area (Å²) in [6, 6.07) is 14.1. The maximum atomic E-state index is 13.5. The lowest BCUT2D eigenvalue weighted by Gasteiger charge is -2.28. The van der Waals surface area contributed by atoms with Gasteiger partial charge in [0.2, 0.25) is 35.4 Å². The normalized spacial score (nSPS) is 22.2. The third-order valence-corrected chi connectivity index (χ3v) is 7.64. The highest BCUT2D eigenvalue weighted by atomic mass is 16.5. The Kier molecular flexibility index (Phi) is 14.2. The largest absolute Gasteiger partial charge is 0.493 e. The summed E-state index contributed by atoms with van der Waals surface area (Å²) in [5.41, 5.74) is 0.802. The van der Waals surface area contributed by atoms with Crippen LogP contribution in [0.25, 0.3) is 0 Å². The van der Waals surface area contributed by atoms with Crippen molar-refractivity contribution in [3.8, 4) is 5.75 Å². The van der Waals surface area contributed by atoms with E-state index in [9.17, 15) is 28.8 Å². The van der Waals surface area contributed by atoms with Gasteiger partial charge in [0.1, 0.15) is 29.9 Å². The summed E-state index contributed by atoms with van der Waals surface area (Å²) < 4.78 is 5.59. The summed E-state index contributed by atoms with van der Waals surface area (Å²) in [4.78, 5) is 80.2. The van der Waals surface area contributed by atoms with Crippen LogP contribution in [0.3, 0.4) is 0 Å². The number of benzene rings is 2. The first kappa shape index (κ1) is 36.5. The molecule has 1 saturated heterocycles. The molecule has 254 valence electrons. The number of nitrogens with one attached hydrogen (secondary N) is 5. The molecule has 0 radical (unpaired) electrons. The molecule has 1 aliphatic heterocycles. The van der Waals surface area contributed by atoms with E-state index < -0.39 is 59.6 Å². The Hall–Kier alpha value is -4.94. The van der Waals surface area contributed by atoms with Crippen molar-refractivity contribution in [3.05, 3.63) is 66.2 Å². The van der Waals surface area contributed by atoms with Crippen molar-refractivity contribution in [1.82, 2.24) is 31.5 Å². The molecule has 13 nitrogen and oxygen atoms in total. The molecule has 1 fully saturated rings. The first-order valence-electron chi connectivity index (χ1n) is 15.9. The Morgan fingerprint density at radius 1 is 0.915 bits per heavy atom. The minimum Gasteiger partial charge on any atom is -0.493 e. The molecule has 2 aromatic carbocycles. The zero-order valence-corrected chi connectivity index (χ0v) is 27.4. The van der Waals surface area contributed by atoms with E-state index in [1.54, 1.807) is 26.0 Å². The Morgan fingerprint density at radius 3 is 2.23 bits per heavy atom. The van der Waals surface area contributed by atoms with Crippen LogP contribution >= 0.6 is 0 Å². The van der Waals surface area contributed by atoms with Crippen LogP contribution in [0.2, 0.25) is 0 Å². The first-order valence-corrected chi connectivity index (χ1v) is 15.9. The van der Waals surface area contributed by atoms with Crippen molar-refractivity contribution in [2.24, 2.45) is 5.92 Å². The average Bonchev–Trinajstić information content (AvgIpc) is 3.04. The summed E-state index contributed by atoms with van der Waals surface area (Å²) in [7, 11) is 1.47. The second-order valence-electron chi connectivity index (χ2n) is 11.9. The van der Waals surface area contributed by atoms with Crippen molar-refractivity contribution in [2.45, 2.75) is 70.6 Å². The van der Waals surface area contributed by atoms with Gasteiger partial charge in [-0.05, 0) is 43.4 Å². The van der Waals surface area contributed by atoms with Crippen LogP contribution in [0.5, 0.6) is 5.75 Å². The molecule has 0 bridgehead atoms. The summed E-state index contributed by atoms with van der Waals surface area (Å²) in [6.07, 6.45) is 0.650. The second-order valence-corrected chi connectivity index (χ2v) is 11.9. The van der Waals surface area contributed by atoms with Crippen LogP contribution in [0.15, 0.2) is 60.7 Å². The van der Waals surface area contributed by atoms with Crippen molar-refractivity contribution in [3.63, 3.8) is 0 Å². The number of nitrogens with zero attached hydrogens (tertiary/aromatic N) is 1. The van der Waals surface area contributed by atoms with Gasteiger partial charge in [0.15, 0.2) is 0 Å². The van der Waals surface area contributed by atoms with Gasteiger partial charge in [-0.15, -0.1) is 0 Å². The number of hydrogen-bond donors (Lipinski definition) is 5. The van der Waals surface area contributed by atoms with E-state index in [1.807, 2.05) is 48.5 Å². The molecule has 2 aromatic rings. The number of likely N-dealkylation sites (N-methyl/N-ethyl adjacent to an activating group) is 1. The highest BCUT2D eigenvalue weighted by Crippen LogP contribution is 2.10. The van der Waals surface area contributed by atoms with Gasteiger partial charge >= 0.3 is 0 Å². The molecular weight excluding hydrogens is 604 g/mol. The Labute approximate surface area is 275 Å². The van der Waals surface area contributed by atoms with Crippen molar-refractivity contribution >= 4 is 35.4 Å². The van der Waals surface area contributed by atoms with Gasteiger partial charge in [-0.2, -0.15) is 0 Å². The maximum absolute atomic E-state index is 13.5. The number of para-hydroxylation sites is 1. The highest BCUT2D eigenvalue weighted by molar-refractivity contribution is 5.96. The lowest BCUT2D eigenvalue weighted by atomic mass is 10.0. The zero-order chi connectivity index (χ0) is 34.3. The van der Waals surface area contributed by atoms with E-state index in [-0.39, 0.29) is 44.9 Å².